The van der Waals surface area contributed by atoms with Gasteiger partial charge in [0.15, 0.2) is 0 Å². The van der Waals surface area contributed by atoms with E-state index in [1.807, 2.05) is 6.07 Å². The van der Waals surface area contributed by atoms with Crippen molar-refractivity contribution in [1.82, 2.24) is 10.2 Å². The van der Waals surface area contributed by atoms with Crippen LogP contribution in [0.4, 0.5) is 5.69 Å². The first kappa shape index (κ1) is 30.7. The Labute approximate surface area is 248 Å². The average molecular weight is 612 g/mol. The normalized spacial score (nSPS) is 13.5. The molecule has 3 aromatic rings. The Morgan fingerprint density at radius 2 is 1.76 bits per heavy atom. The molecule has 1 aromatic heterocycles. The molecular weight excluding hydrogens is 578 g/mol. The lowest BCUT2D eigenvalue weighted by atomic mass is 10.0. The number of amidine groups is 1. The van der Waals surface area contributed by atoms with Gasteiger partial charge in [-0.25, -0.2) is 8.42 Å². The highest BCUT2D eigenvalue weighted by Crippen LogP contribution is 2.29. The molecule has 0 fully saturated rings. The van der Waals surface area contributed by atoms with Gasteiger partial charge < -0.3 is 20.7 Å². The summed E-state index contributed by atoms with van der Waals surface area (Å²) >= 11 is 1.55. The number of benzene rings is 2. The number of nitrogens with one attached hydrogen (secondary N) is 3. The summed E-state index contributed by atoms with van der Waals surface area (Å²) in [7, 11) is -3.44. The van der Waals surface area contributed by atoms with Crippen molar-refractivity contribution in [1.29, 1.82) is 5.41 Å². The maximum Gasteiger partial charge on any atom is 0.311 e. The second kappa shape index (κ2) is 13.2. The molecule has 0 unspecified atom stereocenters. The Hall–Kier alpha value is -4.23. The second-order valence-electron chi connectivity index (χ2n) is 9.95. The van der Waals surface area contributed by atoms with Crippen molar-refractivity contribution in [3.8, 4) is 0 Å². The van der Waals surface area contributed by atoms with E-state index in [0.29, 0.717) is 42.9 Å². The summed E-state index contributed by atoms with van der Waals surface area (Å²) in [5.41, 5.74) is 8.39. The van der Waals surface area contributed by atoms with Gasteiger partial charge in [-0.05, 0) is 54.8 Å². The number of nitrogen functional groups attached to an aromatic ring is 1. The molecule has 11 nitrogen and oxygen atoms in total. The number of carbonyl (C=O) groups excluding carboxylic acids is 3. The number of nitrogens with zero attached hydrogens (tertiary/aromatic N) is 1. The number of anilines is 1. The summed E-state index contributed by atoms with van der Waals surface area (Å²) in [5.74, 6) is -1.12. The monoisotopic (exact) mass is 611 g/mol. The molecule has 2 amide bonds. The van der Waals surface area contributed by atoms with Gasteiger partial charge in [-0.1, -0.05) is 24.3 Å². The number of thiophene rings is 1. The molecule has 0 saturated carbocycles. The molecule has 5 N–H and O–H groups in total. The van der Waals surface area contributed by atoms with E-state index >= 15 is 0 Å². The predicted molar refractivity (Wildman–Crippen MR) is 161 cm³/mol. The number of rotatable bonds is 11. The number of hydrogen-bond donors (Lipinski definition) is 4. The number of sulfonamides is 1. The first-order valence-corrected chi connectivity index (χ1v) is 16.0. The van der Waals surface area contributed by atoms with Crippen molar-refractivity contribution >= 4 is 50.7 Å². The van der Waals surface area contributed by atoms with Gasteiger partial charge >= 0.3 is 5.97 Å². The molecule has 2 heterocycles. The molecule has 1 atom stereocenters. The Balaban J connectivity index is 1.53. The van der Waals surface area contributed by atoms with Crippen molar-refractivity contribution in [2.45, 2.75) is 38.8 Å². The van der Waals surface area contributed by atoms with Crippen LogP contribution in [-0.2, 0) is 50.2 Å². The van der Waals surface area contributed by atoms with E-state index in [4.69, 9.17) is 15.9 Å². The molecule has 2 aromatic carbocycles. The number of ether oxygens (including phenoxy) is 1. The van der Waals surface area contributed by atoms with E-state index in [0.717, 1.165) is 27.1 Å². The van der Waals surface area contributed by atoms with Gasteiger partial charge in [0.05, 0.1) is 19.3 Å². The Morgan fingerprint density at radius 1 is 1.10 bits per heavy atom. The predicted octanol–water partition coefficient (Wildman–Crippen LogP) is 2.44. The highest BCUT2D eigenvalue weighted by molar-refractivity contribution is 7.92. The van der Waals surface area contributed by atoms with E-state index in [-0.39, 0.29) is 30.6 Å². The fourth-order valence-corrected chi connectivity index (χ4v) is 6.37. The smallest absolute Gasteiger partial charge is 0.311 e. The fourth-order valence-electron chi connectivity index (χ4n) is 4.65. The molecule has 13 heteroatoms. The Kier molecular flexibility index (Phi) is 9.63. The van der Waals surface area contributed by atoms with Crippen LogP contribution in [-0.4, -0.2) is 62.4 Å². The summed E-state index contributed by atoms with van der Waals surface area (Å²) in [5, 5.41) is 10.4. The first-order valence-electron chi connectivity index (χ1n) is 13.3. The fraction of sp³-hybridized carbons (Fsp3) is 0.310. The molecule has 222 valence electrons. The lowest BCUT2D eigenvalue weighted by Gasteiger charge is -2.31. The number of fused-ring (bicyclic) bond motifs is 1. The van der Waals surface area contributed by atoms with Gasteiger partial charge in [-0.3, -0.25) is 24.5 Å². The van der Waals surface area contributed by atoms with Gasteiger partial charge in [0.25, 0.3) is 5.91 Å². The summed E-state index contributed by atoms with van der Waals surface area (Å²) in [6, 6.07) is 13.9. The van der Waals surface area contributed by atoms with Gasteiger partial charge in [0.2, 0.25) is 15.9 Å². The third-order valence-corrected chi connectivity index (χ3v) is 8.46. The molecule has 42 heavy (non-hydrogen) atoms. The van der Waals surface area contributed by atoms with Gasteiger partial charge in [0.1, 0.15) is 11.9 Å². The van der Waals surface area contributed by atoms with Crippen molar-refractivity contribution in [2.24, 2.45) is 5.73 Å². The Bertz CT molecular complexity index is 1580. The zero-order chi connectivity index (χ0) is 30.4. The molecular formula is C29H33N5O6S2. The number of carbonyl (C=O) groups is 3. The molecule has 0 radical (unpaired) electrons. The van der Waals surface area contributed by atoms with Crippen LogP contribution in [0.15, 0.2) is 54.6 Å². The average Bonchev–Trinajstić information content (AvgIpc) is 3.34. The lowest BCUT2D eigenvalue weighted by molar-refractivity contribution is -0.142. The zero-order valence-corrected chi connectivity index (χ0v) is 24.9. The number of amides is 2. The largest absolute Gasteiger partial charge is 0.466 e. The molecule has 0 saturated heterocycles. The molecule has 0 bridgehead atoms. The van der Waals surface area contributed by atoms with Crippen LogP contribution < -0.4 is 15.8 Å². The highest BCUT2D eigenvalue weighted by atomic mass is 32.2. The van der Waals surface area contributed by atoms with Crippen LogP contribution in [0, 0.1) is 5.41 Å². The van der Waals surface area contributed by atoms with Crippen LogP contribution in [0.25, 0.3) is 0 Å². The van der Waals surface area contributed by atoms with Crippen molar-refractivity contribution in [3.05, 3.63) is 86.6 Å². The maximum atomic E-state index is 13.9. The van der Waals surface area contributed by atoms with Crippen LogP contribution in [0.5, 0.6) is 0 Å². The Morgan fingerprint density at radius 3 is 2.38 bits per heavy atom. The van der Waals surface area contributed by atoms with Crippen LogP contribution in [0.1, 0.15) is 43.7 Å². The SMILES string of the molecule is CCOC(=O)Cc1cc2c(s1)CCN(C(=O)[C@H](Cc1ccc(NS(C)(=O)=O)cc1)NC(=O)c1ccc(C(=N)N)cc1)C2. The van der Waals surface area contributed by atoms with Gasteiger partial charge in [-0.2, -0.15) is 0 Å². The lowest BCUT2D eigenvalue weighted by Crippen LogP contribution is -2.50. The first-order chi connectivity index (χ1) is 19.9. The highest BCUT2D eigenvalue weighted by Gasteiger charge is 2.30. The standard InChI is InChI=1S/C29H33N5O6S2/c1-3-40-26(35)16-23-15-21-17-34(13-12-25(21)41-23)29(37)24(14-18-4-10-22(11-5-18)33-42(2,38)39)32-28(36)20-8-6-19(7-9-20)27(30)31/h4-11,15,24,33H,3,12-14,16-17H2,1-2H3,(H3,30,31)(H,32,36)/t24-/m0/s1. The molecule has 1 aliphatic heterocycles. The third-order valence-electron chi connectivity index (χ3n) is 6.61. The van der Waals surface area contributed by atoms with Gasteiger partial charge in [-0.15, -0.1) is 11.3 Å². The minimum atomic E-state index is -3.44. The summed E-state index contributed by atoms with van der Waals surface area (Å²) in [6.07, 6.45) is 2.06. The topological polar surface area (TPSA) is 172 Å². The molecule has 4 rings (SSSR count). The van der Waals surface area contributed by atoms with E-state index in [9.17, 15) is 22.8 Å². The molecule has 1 aliphatic rings. The van der Waals surface area contributed by atoms with Crippen LogP contribution in [0.3, 0.4) is 0 Å². The minimum Gasteiger partial charge on any atom is -0.466 e. The van der Waals surface area contributed by atoms with Crippen molar-refractivity contribution in [2.75, 3.05) is 24.1 Å². The van der Waals surface area contributed by atoms with E-state index in [2.05, 4.69) is 10.0 Å². The maximum absolute atomic E-state index is 13.9. The summed E-state index contributed by atoms with van der Waals surface area (Å²) in [6.45, 7) is 2.89. The molecule has 0 spiro atoms. The molecule has 0 aliphatic carbocycles. The van der Waals surface area contributed by atoms with Crippen LogP contribution >= 0.6 is 11.3 Å². The van der Waals surface area contributed by atoms with E-state index in [1.54, 1.807) is 71.7 Å². The zero-order valence-electron chi connectivity index (χ0n) is 23.3. The van der Waals surface area contributed by atoms with E-state index in [1.165, 1.54) is 0 Å². The number of nitrogens with two attached hydrogens (primary N) is 1. The minimum absolute atomic E-state index is 0.118. The summed E-state index contributed by atoms with van der Waals surface area (Å²) < 4.78 is 30.6. The third kappa shape index (κ3) is 8.17. The van der Waals surface area contributed by atoms with Crippen molar-refractivity contribution < 1.29 is 27.5 Å². The number of hydrogen-bond acceptors (Lipinski definition) is 8. The van der Waals surface area contributed by atoms with Crippen LogP contribution in [0.2, 0.25) is 0 Å². The number of esters is 1. The van der Waals surface area contributed by atoms with Gasteiger partial charge in [0, 0.05) is 46.1 Å². The summed E-state index contributed by atoms with van der Waals surface area (Å²) in [4.78, 5) is 42.7. The van der Waals surface area contributed by atoms with E-state index < -0.39 is 22.0 Å². The second-order valence-corrected chi connectivity index (χ2v) is 12.9. The quantitative estimate of drug-likeness (QED) is 0.146. The van der Waals surface area contributed by atoms with Crippen molar-refractivity contribution in [3.63, 3.8) is 0 Å².